The fourth-order valence-electron chi connectivity index (χ4n) is 11.3. The van der Waals surface area contributed by atoms with Crippen molar-refractivity contribution in [3.05, 3.63) is 11.3 Å². The lowest BCUT2D eigenvalue weighted by Crippen LogP contribution is -2.55. The van der Waals surface area contributed by atoms with Crippen molar-refractivity contribution in [2.75, 3.05) is 0 Å². The number of fused-ring (bicyclic) bond motifs is 2. The van der Waals surface area contributed by atoms with E-state index >= 15 is 0 Å². The normalized spacial score (nSPS) is 41.5. The van der Waals surface area contributed by atoms with E-state index in [0.717, 1.165) is 57.8 Å². The Morgan fingerprint density at radius 1 is 0.612 bits per heavy atom. The van der Waals surface area contributed by atoms with E-state index in [9.17, 15) is 10.2 Å². The Morgan fingerprint density at radius 3 is 1.61 bits per heavy atom. The highest BCUT2D eigenvalue weighted by Crippen LogP contribution is 2.59. The number of aliphatic hydroxyl groups is 2. The smallest absolute Gasteiger partial charge is 0.155 e. The molecule has 49 heavy (non-hydrogen) atoms. The van der Waals surface area contributed by atoms with Gasteiger partial charge in [0.1, 0.15) is 5.76 Å². The van der Waals surface area contributed by atoms with Crippen LogP contribution in [0.15, 0.2) is 11.3 Å². The van der Waals surface area contributed by atoms with Gasteiger partial charge in [-0.25, -0.2) is 0 Å². The third-order valence-corrected chi connectivity index (χ3v) is 15.5. The molecule has 5 nitrogen and oxygen atoms in total. The van der Waals surface area contributed by atoms with Crippen LogP contribution in [0, 0.1) is 74.9 Å². The van der Waals surface area contributed by atoms with Crippen LogP contribution in [0.2, 0.25) is 0 Å². The molecule has 2 N–H and O–H groups in total. The Morgan fingerprint density at radius 2 is 1.14 bits per heavy atom. The van der Waals surface area contributed by atoms with E-state index in [1.54, 1.807) is 0 Å². The zero-order valence-corrected chi connectivity index (χ0v) is 35.6. The highest BCUT2D eigenvalue weighted by Gasteiger charge is 2.54. The molecular formula is C42H76O5P2. The lowest BCUT2D eigenvalue weighted by molar-refractivity contribution is -0.143. The molecule has 5 aliphatic carbocycles. The van der Waals surface area contributed by atoms with Gasteiger partial charge >= 0.3 is 0 Å². The number of aliphatic hydroxyl groups excluding tert-OH is 2. The summed E-state index contributed by atoms with van der Waals surface area (Å²) in [5.41, 5.74) is 2.01. The predicted molar refractivity (Wildman–Crippen MR) is 208 cm³/mol. The van der Waals surface area contributed by atoms with Crippen LogP contribution < -0.4 is 0 Å². The van der Waals surface area contributed by atoms with Gasteiger partial charge in [0.05, 0.1) is 33.9 Å². The van der Waals surface area contributed by atoms with Gasteiger partial charge in [0, 0.05) is 23.7 Å². The van der Waals surface area contributed by atoms with Gasteiger partial charge in [0.2, 0.25) is 0 Å². The minimum Gasteiger partial charge on any atom is -0.484 e. The van der Waals surface area contributed by atoms with Gasteiger partial charge in [-0.2, -0.15) is 0 Å². The maximum absolute atomic E-state index is 11.4. The van der Waals surface area contributed by atoms with Crippen molar-refractivity contribution in [1.82, 2.24) is 0 Å². The van der Waals surface area contributed by atoms with Crippen molar-refractivity contribution in [2.45, 2.75) is 178 Å². The number of allylic oxidation sites excluding steroid dienone is 1. The first-order valence-corrected chi connectivity index (χ1v) is 21.4. The van der Waals surface area contributed by atoms with Crippen molar-refractivity contribution in [3.63, 3.8) is 0 Å². The Labute approximate surface area is 305 Å². The summed E-state index contributed by atoms with van der Waals surface area (Å²) in [4.78, 5) is 0. The Hall–Kier alpha value is 0.240. The average molecular weight is 723 g/mol. The highest BCUT2D eigenvalue weighted by atomic mass is 31.1. The second-order valence-corrected chi connectivity index (χ2v) is 22.6. The van der Waals surface area contributed by atoms with E-state index in [1.165, 1.54) is 24.2 Å². The molecule has 0 aliphatic heterocycles. The molecule has 0 radical (unpaired) electrons. The first kappa shape index (κ1) is 40.4. The fraction of sp³-hybridized carbons (Fsp3) is 0.952. The molecule has 0 aromatic carbocycles. The van der Waals surface area contributed by atoms with Crippen LogP contribution in [0.4, 0.5) is 0 Å². The molecule has 0 aromatic rings. The second-order valence-electron chi connectivity index (χ2n) is 21.7. The van der Waals surface area contributed by atoms with E-state index < -0.39 is 0 Å². The molecular weight excluding hydrogens is 646 g/mol. The standard InChI is InChI=1S/C42H76O5P2/c1-39(2,3)26-20-28(36(45-48)30(22-26)41(7,8)9)29-21-27(40(4,5)6)23-31(42(10,11)12)37(29)46-49-47-38-34-24(15-13-17-32(34)43)19-25-16-14-18-33(44)35(25)38/h24-27,29-35,37-38,43-44,49H,13-23,48H2,1-12H3. The molecule has 14 unspecified atom stereocenters. The molecule has 14 atom stereocenters. The first-order valence-electron chi connectivity index (χ1n) is 20.1. The molecule has 0 spiro atoms. The Bertz CT molecular complexity index is 1120. The average Bonchev–Trinajstić information content (AvgIpc) is 2.98. The summed E-state index contributed by atoms with van der Waals surface area (Å²) in [5.74, 6) is 4.45. The van der Waals surface area contributed by atoms with Crippen molar-refractivity contribution in [1.29, 1.82) is 0 Å². The monoisotopic (exact) mass is 723 g/mol. The predicted octanol–water partition coefficient (Wildman–Crippen LogP) is 11.1. The molecule has 4 saturated carbocycles. The molecule has 0 amide bonds. The lowest BCUT2D eigenvalue weighted by Gasteiger charge is -2.54. The SMILES string of the molecule is CC(C)(C)C1CC(C2CC(C(C)(C)C)CC(C(C)(C)C)C2OPOC2C3C(O)CCCC3CC3CCCC(O)C32)=C(OP)C(C(C)(C)C)C1. The lowest BCUT2D eigenvalue weighted by atomic mass is 9.55. The number of hydrogen-bond donors (Lipinski definition) is 2. The third-order valence-electron chi connectivity index (χ3n) is 14.5. The molecule has 0 heterocycles. The molecule has 0 saturated heterocycles. The molecule has 5 aliphatic rings. The summed E-state index contributed by atoms with van der Waals surface area (Å²) >= 11 is 0. The summed E-state index contributed by atoms with van der Waals surface area (Å²) in [5, 5.41) is 22.8. The highest BCUT2D eigenvalue weighted by molar-refractivity contribution is 7.26. The van der Waals surface area contributed by atoms with Crippen molar-refractivity contribution in [2.24, 2.45) is 74.9 Å². The van der Waals surface area contributed by atoms with Crippen molar-refractivity contribution in [3.8, 4) is 0 Å². The van der Waals surface area contributed by atoms with Crippen molar-refractivity contribution < 1.29 is 23.8 Å². The Kier molecular flexibility index (Phi) is 12.5. The summed E-state index contributed by atoms with van der Waals surface area (Å²) in [6, 6.07) is 0. The summed E-state index contributed by atoms with van der Waals surface area (Å²) in [6.45, 7) is 28.9. The third kappa shape index (κ3) is 8.80. The molecule has 0 aromatic heterocycles. The van der Waals surface area contributed by atoms with E-state index in [-0.39, 0.29) is 72.9 Å². The maximum atomic E-state index is 11.4. The van der Waals surface area contributed by atoms with Gasteiger partial charge in [-0.05, 0) is 115 Å². The summed E-state index contributed by atoms with van der Waals surface area (Å²) in [7, 11) is 2.54. The van der Waals surface area contributed by atoms with E-state index in [2.05, 4.69) is 92.6 Å². The van der Waals surface area contributed by atoms with Gasteiger partial charge in [-0.15, -0.1) is 0 Å². The van der Waals surface area contributed by atoms with Gasteiger partial charge in [-0.3, -0.25) is 0 Å². The van der Waals surface area contributed by atoms with E-state index in [0.29, 0.717) is 35.5 Å². The molecule has 4 fully saturated rings. The van der Waals surface area contributed by atoms with Crippen LogP contribution in [0.1, 0.15) is 154 Å². The maximum Gasteiger partial charge on any atom is 0.155 e. The van der Waals surface area contributed by atoms with E-state index in [4.69, 9.17) is 13.6 Å². The van der Waals surface area contributed by atoms with Gasteiger partial charge in [-0.1, -0.05) is 95.9 Å². The largest absolute Gasteiger partial charge is 0.484 e. The second kappa shape index (κ2) is 15.2. The van der Waals surface area contributed by atoms with Crippen molar-refractivity contribution >= 4 is 18.5 Å². The van der Waals surface area contributed by atoms with Crippen LogP contribution in [-0.4, -0.2) is 34.6 Å². The van der Waals surface area contributed by atoms with Crippen LogP contribution in [-0.2, 0) is 13.6 Å². The topological polar surface area (TPSA) is 68.2 Å². The van der Waals surface area contributed by atoms with Crippen LogP contribution in [0.3, 0.4) is 0 Å². The summed E-state index contributed by atoms with van der Waals surface area (Å²) < 4.78 is 20.7. The minimum atomic E-state index is -0.348. The van der Waals surface area contributed by atoms with Crippen LogP contribution >= 0.6 is 18.5 Å². The van der Waals surface area contributed by atoms with Gasteiger partial charge in [0.25, 0.3) is 0 Å². The van der Waals surface area contributed by atoms with E-state index in [1.807, 2.05) is 0 Å². The van der Waals surface area contributed by atoms with Crippen LogP contribution in [0.25, 0.3) is 0 Å². The quantitative estimate of drug-likeness (QED) is 0.267. The van der Waals surface area contributed by atoms with Gasteiger partial charge in [0.15, 0.2) is 9.03 Å². The zero-order chi connectivity index (χ0) is 36.3. The minimum absolute atomic E-state index is 0.0177. The molecule has 5 rings (SSSR count). The number of hydrogen-bond acceptors (Lipinski definition) is 5. The first-order chi connectivity index (χ1) is 22.6. The number of rotatable bonds is 6. The zero-order valence-electron chi connectivity index (χ0n) is 33.5. The molecule has 7 heteroatoms. The molecule has 284 valence electrons. The van der Waals surface area contributed by atoms with Crippen LogP contribution in [0.5, 0.6) is 0 Å². The van der Waals surface area contributed by atoms with Gasteiger partial charge < -0.3 is 23.8 Å². The fourth-order valence-corrected chi connectivity index (χ4v) is 12.6. The summed E-state index contributed by atoms with van der Waals surface area (Å²) in [6.07, 6.45) is 11.0. The molecule has 0 bridgehead atoms. The Balaban J connectivity index is 1.52.